The van der Waals surface area contributed by atoms with Crippen molar-refractivity contribution in [3.63, 3.8) is 0 Å². The van der Waals surface area contributed by atoms with E-state index in [4.69, 9.17) is 20.9 Å². The fourth-order valence-electron chi connectivity index (χ4n) is 2.05. The third-order valence-corrected chi connectivity index (χ3v) is 4.35. The zero-order valence-electron chi connectivity index (χ0n) is 12.9. The maximum absolute atomic E-state index is 12.3. The summed E-state index contributed by atoms with van der Waals surface area (Å²) in [5.41, 5.74) is 1.11. The molecule has 0 saturated carbocycles. The van der Waals surface area contributed by atoms with Crippen LogP contribution in [0.25, 0.3) is 11.3 Å². The lowest BCUT2D eigenvalue weighted by molar-refractivity contribution is 0.108. The summed E-state index contributed by atoms with van der Waals surface area (Å²) in [5, 5.41) is 4.31. The van der Waals surface area contributed by atoms with Crippen LogP contribution in [0.4, 0.5) is 0 Å². The Morgan fingerprint density at radius 2 is 1.88 bits per heavy atom. The Bertz CT molecular complexity index is 828. The summed E-state index contributed by atoms with van der Waals surface area (Å²) in [7, 11) is 0. The van der Waals surface area contributed by atoms with Crippen LogP contribution >= 0.6 is 23.4 Å². The van der Waals surface area contributed by atoms with Crippen LogP contribution in [0.5, 0.6) is 5.75 Å². The summed E-state index contributed by atoms with van der Waals surface area (Å²) in [6, 6.07) is 16.1. The first-order valence-electron chi connectivity index (χ1n) is 7.33. The van der Waals surface area contributed by atoms with E-state index in [1.165, 1.54) is 0 Å². The number of halogens is 1. The molecular weight excluding hydrogens is 346 g/mol. The lowest BCUT2D eigenvalue weighted by atomic mass is 10.1. The fourth-order valence-corrected chi connectivity index (χ4v) is 2.86. The standard InChI is InChI=1S/C18H14ClNO3S/c1-2-22-14-7-3-12(4-8-14)17-11-16(20-23-17)18(21)24-15-9-5-13(19)6-10-15/h3-11H,2H2,1H3. The Morgan fingerprint density at radius 3 is 2.54 bits per heavy atom. The first-order chi connectivity index (χ1) is 11.7. The maximum atomic E-state index is 12.3. The maximum Gasteiger partial charge on any atom is 0.246 e. The normalized spacial score (nSPS) is 10.6. The highest BCUT2D eigenvalue weighted by Gasteiger charge is 2.15. The molecule has 3 rings (SSSR count). The van der Waals surface area contributed by atoms with E-state index in [9.17, 15) is 4.79 Å². The zero-order chi connectivity index (χ0) is 16.9. The topological polar surface area (TPSA) is 52.3 Å². The molecule has 1 heterocycles. The van der Waals surface area contributed by atoms with Crippen LogP contribution in [0.1, 0.15) is 17.4 Å². The number of hydrogen-bond donors (Lipinski definition) is 0. The minimum atomic E-state index is -0.182. The molecule has 3 aromatic rings. The molecule has 0 spiro atoms. The quantitative estimate of drug-likeness (QED) is 0.576. The van der Waals surface area contributed by atoms with E-state index < -0.39 is 0 Å². The van der Waals surface area contributed by atoms with Gasteiger partial charge in [-0.3, -0.25) is 4.79 Å². The van der Waals surface area contributed by atoms with Gasteiger partial charge in [0, 0.05) is 21.5 Å². The SMILES string of the molecule is CCOc1ccc(-c2cc(C(=O)Sc3ccc(Cl)cc3)no2)cc1. The predicted molar refractivity (Wildman–Crippen MR) is 94.7 cm³/mol. The van der Waals surface area contributed by atoms with Gasteiger partial charge in [-0.1, -0.05) is 16.8 Å². The van der Waals surface area contributed by atoms with Crippen molar-refractivity contribution in [3.8, 4) is 17.1 Å². The number of ether oxygens (including phenoxy) is 1. The number of rotatable bonds is 5. The molecule has 0 aliphatic rings. The molecule has 6 heteroatoms. The van der Waals surface area contributed by atoms with E-state index in [1.807, 2.05) is 31.2 Å². The summed E-state index contributed by atoms with van der Waals surface area (Å²) in [6.45, 7) is 2.54. The summed E-state index contributed by atoms with van der Waals surface area (Å²) in [5.74, 6) is 1.33. The van der Waals surface area contributed by atoms with E-state index in [1.54, 1.807) is 30.3 Å². The van der Waals surface area contributed by atoms with Gasteiger partial charge in [-0.15, -0.1) is 0 Å². The van der Waals surface area contributed by atoms with Crippen molar-refractivity contribution in [2.45, 2.75) is 11.8 Å². The van der Waals surface area contributed by atoms with Crippen molar-refractivity contribution in [1.29, 1.82) is 0 Å². The van der Waals surface area contributed by atoms with Crippen molar-refractivity contribution in [1.82, 2.24) is 5.16 Å². The first-order valence-corrected chi connectivity index (χ1v) is 8.53. The van der Waals surface area contributed by atoms with Gasteiger partial charge in [0.1, 0.15) is 5.75 Å². The number of carbonyl (C=O) groups is 1. The minimum absolute atomic E-state index is 0.182. The van der Waals surface area contributed by atoms with Crippen LogP contribution in [0.3, 0.4) is 0 Å². The monoisotopic (exact) mass is 359 g/mol. The Labute approximate surface area is 148 Å². The molecule has 122 valence electrons. The van der Waals surface area contributed by atoms with E-state index in [2.05, 4.69) is 5.16 Å². The van der Waals surface area contributed by atoms with Crippen molar-refractivity contribution in [3.05, 3.63) is 65.3 Å². The average Bonchev–Trinajstić information content (AvgIpc) is 3.08. The smallest absolute Gasteiger partial charge is 0.246 e. The van der Waals surface area contributed by atoms with Crippen LogP contribution in [-0.2, 0) is 0 Å². The fraction of sp³-hybridized carbons (Fsp3) is 0.111. The molecule has 0 atom stereocenters. The van der Waals surface area contributed by atoms with Gasteiger partial charge in [0.25, 0.3) is 0 Å². The Kier molecular flexibility index (Phi) is 5.23. The second-order valence-corrected chi connectivity index (χ2v) is 6.36. The second kappa shape index (κ2) is 7.55. The van der Waals surface area contributed by atoms with Gasteiger partial charge >= 0.3 is 0 Å². The molecule has 0 amide bonds. The van der Waals surface area contributed by atoms with E-state index in [-0.39, 0.29) is 10.8 Å². The summed E-state index contributed by atoms with van der Waals surface area (Å²) in [6.07, 6.45) is 0. The highest BCUT2D eigenvalue weighted by Crippen LogP contribution is 2.27. The van der Waals surface area contributed by atoms with Gasteiger partial charge in [-0.25, -0.2) is 0 Å². The van der Waals surface area contributed by atoms with E-state index >= 15 is 0 Å². The third kappa shape index (κ3) is 3.99. The number of aromatic nitrogens is 1. The van der Waals surface area contributed by atoms with Crippen LogP contribution in [0.2, 0.25) is 5.02 Å². The summed E-state index contributed by atoms with van der Waals surface area (Å²) >= 11 is 6.92. The largest absolute Gasteiger partial charge is 0.494 e. The number of hydrogen-bond acceptors (Lipinski definition) is 5. The lowest BCUT2D eigenvalue weighted by Crippen LogP contribution is -1.92. The molecule has 0 radical (unpaired) electrons. The number of benzene rings is 2. The Balaban J connectivity index is 1.72. The molecule has 0 aliphatic carbocycles. The van der Waals surface area contributed by atoms with Gasteiger partial charge in [-0.2, -0.15) is 0 Å². The van der Waals surface area contributed by atoms with Gasteiger partial charge < -0.3 is 9.26 Å². The Morgan fingerprint density at radius 1 is 1.17 bits per heavy atom. The van der Waals surface area contributed by atoms with Crippen LogP contribution in [-0.4, -0.2) is 16.9 Å². The van der Waals surface area contributed by atoms with E-state index in [0.717, 1.165) is 28.0 Å². The molecule has 2 aromatic carbocycles. The van der Waals surface area contributed by atoms with Crippen molar-refractivity contribution >= 4 is 28.5 Å². The van der Waals surface area contributed by atoms with Crippen molar-refractivity contribution in [2.75, 3.05) is 6.61 Å². The molecule has 1 aromatic heterocycles. The molecule has 0 unspecified atom stereocenters. The van der Waals surface area contributed by atoms with E-state index in [0.29, 0.717) is 17.4 Å². The summed E-state index contributed by atoms with van der Waals surface area (Å²) in [4.78, 5) is 13.1. The highest BCUT2D eigenvalue weighted by molar-refractivity contribution is 8.14. The molecule has 4 nitrogen and oxygen atoms in total. The van der Waals surface area contributed by atoms with Gasteiger partial charge in [-0.05, 0) is 67.2 Å². The highest BCUT2D eigenvalue weighted by atomic mass is 35.5. The third-order valence-electron chi connectivity index (χ3n) is 3.19. The molecular formula is C18H14ClNO3S. The predicted octanol–water partition coefficient (Wildman–Crippen LogP) is 5.33. The number of thioether (sulfide) groups is 1. The average molecular weight is 360 g/mol. The van der Waals surface area contributed by atoms with Crippen LogP contribution in [0.15, 0.2) is 64.0 Å². The van der Waals surface area contributed by atoms with Gasteiger partial charge in [0.2, 0.25) is 5.12 Å². The number of nitrogens with zero attached hydrogens (tertiary/aromatic N) is 1. The molecule has 0 saturated heterocycles. The van der Waals surface area contributed by atoms with Gasteiger partial charge in [0.15, 0.2) is 11.5 Å². The minimum Gasteiger partial charge on any atom is -0.494 e. The first kappa shape index (κ1) is 16.6. The number of carbonyl (C=O) groups excluding carboxylic acids is 1. The van der Waals surface area contributed by atoms with Gasteiger partial charge in [0.05, 0.1) is 6.61 Å². The molecule has 24 heavy (non-hydrogen) atoms. The molecule has 0 aliphatic heterocycles. The molecule has 0 N–H and O–H groups in total. The second-order valence-electron chi connectivity index (χ2n) is 4.88. The zero-order valence-corrected chi connectivity index (χ0v) is 14.4. The molecule has 0 bridgehead atoms. The Hall–Kier alpha value is -2.24. The molecule has 0 fully saturated rings. The summed E-state index contributed by atoms with van der Waals surface area (Å²) < 4.78 is 10.7. The van der Waals surface area contributed by atoms with Crippen molar-refractivity contribution in [2.24, 2.45) is 0 Å². The van der Waals surface area contributed by atoms with Crippen LogP contribution < -0.4 is 4.74 Å². The van der Waals surface area contributed by atoms with Crippen molar-refractivity contribution < 1.29 is 14.1 Å². The van der Waals surface area contributed by atoms with Crippen LogP contribution in [0, 0.1) is 0 Å². The lowest BCUT2D eigenvalue weighted by Gasteiger charge is -2.02.